The quantitative estimate of drug-likeness (QED) is 0.722. The summed E-state index contributed by atoms with van der Waals surface area (Å²) < 4.78 is 0. The van der Waals surface area contributed by atoms with Crippen LogP contribution in [0.4, 0.5) is 0 Å². The van der Waals surface area contributed by atoms with E-state index in [9.17, 15) is 0 Å². The molecule has 0 saturated heterocycles. The molecule has 0 aliphatic heterocycles. The summed E-state index contributed by atoms with van der Waals surface area (Å²) in [7, 11) is 0. The first-order valence-corrected chi connectivity index (χ1v) is 8.04. The van der Waals surface area contributed by atoms with Gasteiger partial charge in [0, 0.05) is 25.2 Å². The van der Waals surface area contributed by atoms with Crippen molar-refractivity contribution < 1.29 is 0 Å². The second kappa shape index (κ2) is 8.35. The van der Waals surface area contributed by atoms with Crippen molar-refractivity contribution in [1.82, 2.24) is 10.2 Å². The van der Waals surface area contributed by atoms with Gasteiger partial charge in [0.25, 0.3) is 0 Å². The van der Waals surface area contributed by atoms with Gasteiger partial charge in [-0.15, -0.1) is 6.58 Å². The average molecular weight is 288 g/mol. The summed E-state index contributed by atoms with van der Waals surface area (Å²) in [4.78, 5) is 2.44. The smallest absolute Gasteiger partial charge is 0.0242 e. The van der Waals surface area contributed by atoms with Gasteiger partial charge < -0.3 is 5.32 Å². The highest BCUT2D eigenvalue weighted by Crippen LogP contribution is 2.19. The predicted octanol–water partition coefficient (Wildman–Crippen LogP) is 4.19. The lowest BCUT2D eigenvalue weighted by atomic mass is 9.99. The first-order valence-electron chi connectivity index (χ1n) is 8.04. The largest absolute Gasteiger partial charge is 0.316 e. The lowest BCUT2D eigenvalue weighted by Gasteiger charge is -2.35. The Balaban J connectivity index is 2.70. The van der Waals surface area contributed by atoms with Crippen molar-refractivity contribution in [3.05, 3.63) is 48.0 Å². The van der Waals surface area contributed by atoms with E-state index in [0.29, 0.717) is 5.92 Å². The average Bonchev–Trinajstić information content (AvgIpc) is 2.44. The van der Waals surface area contributed by atoms with E-state index in [1.807, 2.05) is 6.08 Å². The van der Waals surface area contributed by atoms with Gasteiger partial charge in [-0.3, -0.25) is 4.90 Å². The molecule has 1 atom stereocenters. The summed E-state index contributed by atoms with van der Waals surface area (Å²) in [6, 6.07) is 9.07. The van der Waals surface area contributed by atoms with Crippen molar-refractivity contribution in [2.75, 3.05) is 19.6 Å². The minimum atomic E-state index is 0.158. The zero-order chi connectivity index (χ0) is 15.9. The molecule has 0 fully saturated rings. The lowest BCUT2D eigenvalue weighted by molar-refractivity contribution is 0.145. The number of rotatable bonds is 8. The van der Waals surface area contributed by atoms with Crippen molar-refractivity contribution in [3.63, 3.8) is 0 Å². The van der Waals surface area contributed by atoms with Gasteiger partial charge >= 0.3 is 0 Å². The minimum Gasteiger partial charge on any atom is -0.316 e. The molecule has 0 bridgehead atoms. The molecule has 2 heteroatoms. The standard InChI is InChI=1S/C19H32N2/c1-7-13-21(19(4,5)6)15-17-9-11-18(12-10-17)16(3)14-20-8-2/h7,9-12,16,20H,1,8,13-15H2,2-6H3. The van der Waals surface area contributed by atoms with Gasteiger partial charge in [0.2, 0.25) is 0 Å². The lowest BCUT2D eigenvalue weighted by Crippen LogP contribution is -2.40. The van der Waals surface area contributed by atoms with Gasteiger partial charge in [-0.05, 0) is 44.4 Å². The van der Waals surface area contributed by atoms with E-state index in [4.69, 9.17) is 0 Å². The van der Waals surface area contributed by atoms with Gasteiger partial charge in [0.05, 0.1) is 0 Å². The summed E-state index contributed by atoms with van der Waals surface area (Å²) in [6.07, 6.45) is 1.98. The van der Waals surface area contributed by atoms with Gasteiger partial charge in [-0.25, -0.2) is 0 Å². The molecular formula is C19H32N2. The molecule has 0 radical (unpaired) electrons. The van der Waals surface area contributed by atoms with Crippen molar-refractivity contribution in [2.45, 2.75) is 52.6 Å². The summed E-state index contributed by atoms with van der Waals surface area (Å²) >= 11 is 0. The molecule has 0 heterocycles. The number of likely N-dealkylation sites (N-methyl/N-ethyl adjacent to an activating group) is 1. The van der Waals surface area contributed by atoms with E-state index in [2.05, 4.69) is 75.7 Å². The maximum absolute atomic E-state index is 3.87. The molecule has 1 aromatic rings. The Morgan fingerprint density at radius 2 is 1.86 bits per heavy atom. The first kappa shape index (κ1) is 17.9. The van der Waals surface area contributed by atoms with Crippen LogP contribution < -0.4 is 5.32 Å². The highest BCUT2D eigenvalue weighted by Gasteiger charge is 2.20. The molecule has 2 nitrogen and oxygen atoms in total. The molecule has 0 spiro atoms. The van der Waals surface area contributed by atoms with Gasteiger partial charge in [-0.1, -0.05) is 44.2 Å². The maximum Gasteiger partial charge on any atom is 0.0242 e. The van der Waals surface area contributed by atoms with Crippen LogP contribution in [0, 0.1) is 0 Å². The molecule has 1 aromatic carbocycles. The highest BCUT2D eigenvalue weighted by atomic mass is 15.2. The Labute approximate surface area is 131 Å². The topological polar surface area (TPSA) is 15.3 Å². The van der Waals surface area contributed by atoms with Gasteiger partial charge in [0.15, 0.2) is 0 Å². The van der Waals surface area contributed by atoms with Gasteiger partial charge in [-0.2, -0.15) is 0 Å². The normalized spacial score (nSPS) is 13.4. The van der Waals surface area contributed by atoms with Crippen molar-refractivity contribution >= 4 is 0 Å². The maximum atomic E-state index is 3.87. The third-order valence-electron chi connectivity index (χ3n) is 3.92. The van der Waals surface area contributed by atoms with Crippen LogP contribution >= 0.6 is 0 Å². The molecule has 0 aromatic heterocycles. The Morgan fingerprint density at radius 1 is 1.24 bits per heavy atom. The molecule has 118 valence electrons. The highest BCUT2D eigenvalue weighted by molar-refractivity contribution is 5.25. The van der Waals surface area contributed by atoms with Crippen molar-refractivity contribution in [3.8, 4) is 0 Å². The monoisotopic (exact) mass is 288 g/mol. The van der Waals surface area contributed by atoms with Crippen LogP contribution in [-0.2, 0) is 6.54 Å². The number of benzene rings is 1. The van der Waals surface area contributed by atoms with Crippen LogP contribution in [0.2, 0.25) is 0 Å². The molecule has 0 saturated carbocycles. The molecule has 1 rings (SSSR count). The summed E-state index contributed by atoms with van der Waals surface area (Å²) in [5, 5.41) is 3.41. The molecule has 1 N–H and O–H groups in total. The van der Waals surface area contributed by atoms with Crippen LogP contribution in [0.5, 0.6) is 0 Å². The Kier molecular flexibility index (Phi) is 7.13. The molecule has 0 aliphatic rings. The van der Waals surface area contributed by atoms with E-state index in [1.54, 1.807) is 0 Å². The Hall–Kier alpha value is -1.12. The molecule has 0 aliphatic carbocycles. The first-order chi connectivity index (χ1) is 9.88. The summed E-state index contributed by atoms with van der Waals surface area (Å²) in [5.74, 6) is 0.561. The van der Waals surface area contributed by atoms with E-state index in [1.165, 1.54) is 11.1 Å². The van der Waals surface area contributed by atoms with Crippen molar-refractivity contribution in [2.24, 2.45) is 0 Å². The predicted molar refractivity (Wildman–Crippen MR) is 93.8 cm³/mol. The van der Waals surface area contributed by atoms with Crippen LogP contribution in [0.15, 0.2) is 36.9 Å². The molecular weight excluding hydrogens is 256 g/mol. The second-order valence-electron chi connectivity index (χ2n) is 6.79. The fourth-order valence-electron chi connectivity index (χ4n) is 2.38. The second-order valence-corrected chi connectivity index (χ2v) is 6.79. The fourth-order valence-corrected chi connectivity index (χ4v) is 2.38. The zero-order valence-corrected chi connectivity index (χ0v) is 14.4. The summed E-state index contributed by atoms with van der Waals surface area (Å²) in [6.45, 7) is 19.0. The third kappa shape index (κ3) is 6.03. The number of hydrogen-bond donors (Lipinski definition) is 1. The molecule has 0 amide bonds. The fraction of sp³-hybridized carbons (Fsp3) is 0.579. The summed E-state index contributed by atoms with van der Waals surface area (Å²) in [5.41, 5.74) is 2.93. The third-order valence-corrected chi connectivity index (χ3v) is 3.92. The Morgan fingerprint density at radius 3 is 2.33 bits per heavy atom. The number of nitrogens with one attached hydrogen (secondary N) is 1. The molecule has 21 heavy (non-hydrogen) atoms. The van der Waals surface area contributed by atoms with Crippen molar-refractivity contribution in [1.29, 1.82) is 0 Å². The number of hydrogen-bond acceptors (Lipinski definition) is 2. The van der Waals surface area contributed by atoms with E-state index in [0.717, 1.165) is 26.2 Å². The van der Waals surface area contributed by atoms with Gasteiger partial charge in [0.1, 0.15) is 0 Å². The van der Waals surface area contributed by atoms with E-state index >= 15 is 0 Å². The Bertz CT molecular complexity index is 414. The molecule has 1 unspecified atom stereocenters. The zero-order valence-electron chi connectivity index (χ0n) is 14.4. The SMILES string of the molecule is C=CCN(Cc1ccc(C(C)CNCC)cc1)C(C)(C)C. The number of nitrogens with zero attached hydrogens (tertiary/aromatic N) is 1. The minimum absolute atomic E-state index is 0.158. The van der Waals surface area contributed by atoms with Crippen LogP contribution in [0.1, 0.15) is 51.7 Å². The van der Waals surface area contributed by atoms with E-state index in [-0.39, 0.29) is 5.54 Å². The van der Waals surface area contributed by atoms with Crippen LogP contribution in [-0.4, -0.2) is 30.1 Å². The van der Waals surface area contributed by atoms with Crippen LogP contribution in [0.3, 0.4) is 0 Å². The van der Waals surface area contributed by atoms with E-state index < -0.39 is 0 Å². The van der Waals surface area contributed by atoms with Crippen LogP contribution in [0.25, 0.3) is 0 Å².